The Morgan fingerprint density at radius 1 is 1.08 bits per heavy atom. The third-order valence-electron chi connectivity index (χ3n) is 1.23. The molecule has 2 atom stereocenters. The third-order valence-corrected chi connectivity index (χ3v) is 2.36. The summed E-state index contributed by atoms with van der Waals surface area (Å²) in [5.74, 6) is 0. The van der Waals surface area contributed by atoms with Gasteiger partial charge in [-0.1, -0.05) is 0 Å². The zero-order valence-corrected chi connectivity index (χ0v) is 8.58. The van der Waals surface area contributed by atoms with E-state index < -0.39 is 22.6 Å². The number of nitrogens with two attached hydrogens (primary N) is 2. The van der Waals surface area contributed by atoms with Gasteiger partial charge in [-0.25, -0.2) is 8.37 Å². The first-order valence-corrected chi connectivity index (χ1v) is 5.26. The highest BCUT2D eigenvalue weighted by Gasteiger charge is 2.18. The van der Waals surface area contributed by atoms with E-state index in [1.54, 1.807) is 0 Å². The first kappa shape index (κ1) is 12.8. The van der Waals surface area contributed by atoms with Gasteiger partial charge in [0.05, 0.1) is 12.2 Å². The van der Waals surface area contributed by atoms with Gasteiger partial charge >= 0.3 is 10.4 Å². The Hall–Kier alpha value is -0.210. The Bertz CT molecular complexity index is 211. The van der Waals surface area contributed by atoms with E-state index >= 15 is 0 Å². The minimum absolute atomic E-state index is 0.111. The second kappa shape index (κ2) is 5.51. The SMILES string of the molecule is CC(CN)OS(=O)(=O)OC(C)CN. The van der Waals surface area contributed by atoms with Gasteiger partial charge in [0.1, 0.15) is 0 Å². The van der Waals surface area contributed by atoms with Crippen LogP contribution in [-0.4, -0.2) is 33.7 Å². The largest absolute Gasteiger partial charge is 0.400 e. The van der Waals surface area contributed by atoms with Crippen LogP contribution in [-0.2, 0) is 18.8 Å². The zero-order valence-electron chi connectivity index (χ0n) is 7.76. The molecule has 0 aromatic rings. The molecule has 0 aromatic heterocycles. The van der Waals surface area contributed by atoms with Crippen molar-refractivity contribution >= 4 is 10.4 Å². The van der Waals surface area contributed by atoms with E-state index in [1.165, 1.54) is 13.8 Å². The smallest absolute Gasteiger partial charge is 0.328 e. The van der Waals surface area contributed by atoms with Crippen molar-refractivity contribution in [3.05, 3.63) is 0 Å². The molecule has 0 radical (unpaired) electrons. The molecule has 4 N–H and O–H groups in total. The first-order valence-electron chi connectivity index (χ1n) is 3.93. The van der Waals surface area contributed by atoms with E-state index in [0.29, 0.717) is 0 Å². The molecule has 0 saturated carbocycles. The van der Waals surface area contributed by atoms with Crippen LogP contribution in [0.3, 0.4) is 0 Å². The van der Waals surface area contributed by atoms with Gasteiger partial charge in [0.25, 0.3) is 0 Å². The van der Waals surface area contributed by atoms with Crippen molar-refractivity contribution in [1.29, 1.82) is 0 Å². The molecule has 80 valence electrons. The molecule has 0 rings (SSSR count). The van der Waals surface area contributed by atoms with Gasteiger partial charge in [-0.05, 0) is 13.8 Å². The van der Waals surface area contributed by atoms with Crippen molar-refractivity contribution < 1.29 is 16.8 Å². The van der Waals surface area contributed by atoms with Gasteiger partial charge in [-0.15, -0.1) is 0 Å². The van der Waals surface area contributed by atoms with Crippen molar-refractivity contribution in [2.45, 2.75) is 26.1 Å². The van der Waals surface area contributed by atoms with Crippen LogP contribution in [0.2, 0.25) is 0 Å². The summed E-state index contributed by atoms with van der Waals surface area (Å²) in [4.78, 5) is 0. The summed E-state index contributed by atoms with van der Waals surface area (Å²) >= 11 is 0. The minimum atomic E-state index is -3.96. The summed E-state index contributed by atoms with van der Waals surface area (Å²) < 4.78 is 31.1. The van der Waals surface area contributed by atoms with Crippen LogP contribution in [0.1, 0.15) is 13.8 Å². The maximum absolute atomic E-state index is 11.0. The lowest BCUT2D eigenvalue weighted by atomic mass is 10.4. The number of rotatable bonds is 6. The monoisotopic (exact) mass is 212 g/mol. The molecule has 0 amide bonds. The minimum Gasteiger partial charge on any atom is -0.328 e. The summed E-state index contributed by atoms with van der Waals surface area (Å²) in [6.45, 7) is 3.29. The first-order chi connectivity index (χ1) is 5.91. The Labute approximate surface area is 78.5 Å². The van der Waals surface area contributed by atoms with Gasteiger partial charge < -0.3 is 11.5 Å². The summed E-state index contributed by atoms with van der Waals surface area (Å²) in [6.07, 6.45) is -1.18. The van der Waals surface area contributed by atoms with E-state index in [9.17, 15) is 8.42 Å². The van der Waals surface area contributed by atoms with Crippen molar-refractivity contribution in [2.75, 3.05) is 13.1 Å². The van der Waals surface area contributed by atoms with Gasteiger partial charge in [0, 0.05) is 13.1 Å². The number of hydrogen-bond acceptors (Lipinski definition) is 6. The molecule has 6 nitrogen and oxygen atoms in total. The van der Waals surface area contributed by atoms with E-state index in [4.69, 9.17) is 11.5 Å². The van der Waals surface area contributed by atoms with Crippen LogP contribution in [0.15, 0.2) is 0 Å². The van der Waals surface area contributed by atoms with Gasteiger partial charge in [-0.3, -0.25) is 0 Å². The van der Waals surface area contributed by atoms with Crippen LogP contribution in [0, 0.1) is 0 Å². The average Bonchev–Trinajstić information content (AvgIpc) is 2.02. The fraction of sp³-hybridized carbons (Fsp3) is 1.00. The standard InChI is InChI=1S/C6H16N2O4S/c1-5(3-7)11-13(9,10)12-6(2)4-8/h5-6H,3-4,7-8H2,1-2H3. The van der Waals surface area contributed by atoms with Gasteiger partial charge in [-0.2, -0.15) is 8.42 Å². The average molecular weight is 212 g/mol. The van der Waals surface area contributed by atoms with Gasteiger partial charge in [0.15, 0.2) is 0 Å². The fourth-order valence-electron chi connectivity index (χ4n) is 0.504. The molecule has 13 heavy (non-hydrogen) atoms. The lowest BCUT2D eigenvalue weighted by molar-refractivity contribution is 0.144. The molecule has 0 aliphatic carbocycles. The summed E-state index contributed by atoms with van der Waals surface area (Å²) in [7, 11) is -3.96. The second-order valence-corrected chi connectivity index (χ2v) is 3.89. The Morgan fingerprint density at radius 3 is 1.62 bits per heavy atom. The second-order valence-electron chi connectivity index (χ2n) is 2.69. The highest BCUT2D eigenvalue weighted by molar-refractivity contribution is 7.81. The van der Waals surface area contributed by atoms with Crippen LogP contribution in [0.4, 0.5) is 0 Å². The predicted molar refractivity (Wildman–Crippen MR) is 48.1 cm³/mol. The van der Waals surface area contributed by atoms with Crippen LogP contribution in [0.5, 0.6) is 0 Å². The molecule has 2 unspecified atom stereocenters. The highest BCUT2D eigenvalue weighted by Crippen LogP contribution is 2.03. The molecule has 0 aliphatic rings. The van der Waals surface area contributed by atoms with Crippen molar-refractivity contribution in [1.82, 2.24) is 0 Å². The van der Waals surface area contributed by atoms with E-state index in [2.05, 4.69) is 8.37 Å². The van der Waals surface area contributed by atoms with Gasteiger partial charge in [0.2, 0.25) is 0 Å². The van der Waals surface area contributed by atoms with E-state index in [1.807, 2.05) is 0 Å². The summed E-state index contributed by atoms with van der Waals surface area (Å²) in [5.41, 5.74) is 10.3. The molecule has 7 heteroatoms. The van der Waals surface area contributed by atoms with E-state index in [0.717, 1.165) is 0 Å². The molecule has 0 aromatic carbocycles. The van der Waals surface area contributed by atoms with Crippen molar-refractivity contribution in [2.24, 2.45) is 11.5 Å². The molecule has 0 spiro atoms. The predicted octanol–water partition coefficient (Wildman–Crippen LogP) is -1.04. The lowest BCUT2D eigenvalue weighted by Gasteiger charge is -2.13. The summed E-state index contributed by atoms with van der Waals surface area (Å²) in [5, 5.41) is 0. The van der Waals surface area contributed by atoms with Crippen LogP contribution < -0.4 is 11.5 Å². The van der Waals surface area contributed by atoms with E-state index in [-0.39, 0.29) is 13.1 Å². The lowest BCUT2D eigenvalue weighted by Crippen LogP contribution is -2.29. The third kappa shape index (κ3) is 5.94. The molecule has 0 heterocycles. The van der Waals surface area contributed by atoms with Crippen molar-refractivity contribution in [3.63, 3.8) is 0 Å². The molecule has 0 aliphatic heterocycles. The molecule has 0 saturated heterocycles. The Kier molecular flexibility index (Phi) is 5.42. The Balaban J connectivity index is 4.09. The Morgan fingerprint density at radius 2 is 1.38 bits per heavy atom. The normalized spacial score (nSPS) is 16.9. The molecular formula is C6H16N2O4S. The fourth-order valence-corrected chi connectivity index (χ4v) is 1.51. The number of hydrogen-bond donors (Lipinski definition) is 2. The van der Waals surface area contributed by atoms with Crippen molar-refractivity contribution in [3.8, 4) is 0 Å². The maximum atomic E-state index is 11.0. The molecule has 0 fully saturated rings. The topological polar surface area (TPSA) is 105 Å². The van der Waals surface area contributed by atoms with Crippen LogP contribution in [0.25, 0.3) is 0 Å². The molecule has 0 bridgehead atoms. The maximum Gasteiger partial charge on any atom is 0.400 e. The summed E-state index contributed by atoms with van der Waals surface area (Å²) in [6, 6.07) is 0. The molecular weight excluding hydrogens is 196 g/mol. The zero-order chi connectivity index (χ0) is 10.5. The highest BCUT2D eigenvalue weighted by atomic mass is 32.3. The van der Waals surface area contributed by atoms with Crippen LogP contribution >= 0.6 is 0 Å². The quantitative estimate of drug-likeness (QED) is 0.582.